The molecular formula is C8H8N4O. The highest BCUT2D eigenvalue weighted by molar-refractivity contribution is 5.25. The summed E-state index contributed by atoms with van der Waals surface area (Å²) in [5, 5.41) is 16.0. The first-order valence-corrected chi connectivity index (χ1v) is 4.00. The summed E-state index contributed by atoms with van der Waals surface area (Å²) in [7, 11) is 0. The van der Waals surface area contributed by atoms with Crippen molar-refractivity contribution in [3.05, 3.63) is 23.5 Å². The van der Waals surface area contributed by atoms with Gasteiger partial charge in [-0.2, -0.15) is 15.8 Å². The number of aromatic nitrogens is 2. The molecule has 0 bridgehead atoms. The van der Waals surface area contributed by atoms with E-state index in [4.69, 9.17) is 10.1 Å². The van der Waals surface area contributed by atoms with Crippen LogP contribution in [0.15, 0.2) is 12.3 Å². The lowest BCUT2D eigenvalue weighted by Crippen LogP contribution is -2.12. The smallest absolute Gasteiger partial charge is 0.163 e. The van der Waals surface area contributed by atoms with Gasteiger partial charge in [-0.1, -0.05) is 0 Å². The van der Waals surface area contributed by atoms with Gasteiger partial charge in [0.25, 0.3) is 0 Å². The molecule has 1 aliphatic heterocycles. The molecule has 1 aromatic heterocycles. The first kappa shape index (κ1) is 8.10. The Morgan fingerprint density at radius 1 is 1.69 bits per heavy atom. The zero-order chi connectivity index (χ0) is 9.10. The van der Waals surface area contributed by atoms with Crippen molar-refractivity contribution in [2.24, 2.45) is 0 Å². The van der Waals surface area contributed by atoms with Crippen LogP contribution in [0.4, 0.5) is 0 Å². The Bertz CT molecular complexity index is 340. The minimum Gasteiger partial charge on any atom is -0.301 e. The Morgan fingerprint density at radius 3 is 3.31 bits per heavy atom. The van der Waals surface area contributed by atoms with Crippen LogP contribution in [-0.4, -0.2) is 16.8 Å². The molecule has 2 rings (SSSR count). The molecule has 0 aliphatic carbocycles. The lowest BCUT2D eigenvalue weighted by molar-refractivity contribution is 0.0882. The zero-order valence-electron chi connectivity index (χ0n) is 6.90. The van der Waals surface area contributed by atoms with Gasteiger partial charge in [-0.3, -0.25) is 0 Å². The lowest BCUT2D eigenvalue weighted by Gasteiger charge is -2.06. The van der Waals surface area contributed by atoms with Crippen LogP contribution in [0.1, 0.15) is 23.7 Å². The summed E-state index contributed by atoms with van der Waals surface area (Å²) in [5.41, 5.74) is 4.13. The van der Waals surface area contributed by atoms with Crippen LogP contribution in [-0.2, 0) is 4.84 Å². The predicted octanol–water partition coefficient (Wildman–Crippen LogP) is 0.314. The van der Waals surface area contributed by atoms with E-state index in [1.165, 1.54) is 0 Å². The lowest BCUT2D eigenvalue weighted by atomic mass is 10.1. The van der Waals surface area contributed by atoms with E-state index in [0.717, 1.165) is 12.0 Å². The van der Waals surface area contributed by atoms with E-state index in [2.05, 4.69) is 15.7 Å². The Labute approximate surface area is 75.3 Å². The molecule has 0 spiro atoms. The monoisotopic (exact) mass is 176 g/mol. The van der Waals surface area contributed by atoms with Crippen molar-refractivity contribution in [1.29, 1.82) is 5.26 Å². The van der Waals surface area contributed by atoms with Crippen molar-refractivity contribution < 1.29 is 4.84 Å². The van der Waals surface area contributed by atoms with Gasteiger partial charge in [-0.25, -0.2) is 0 Å². The fraction of sp³-hybridized carbons (Fsp3) is 0.375. The van der Waals surface area contributed by atoms with Gasteiger partial charge in [-0.05, 0) is 18.1 Å². The van der Waals surface area contributed by atoms with Crippen molar-refractivity contribution in [2.45, 2.75) is 12.5 Å². The van der Waals surface area contributed by atoms with Gasteiger partial charge >= 0.3 is 0 Å². The Hall–Kier alpha value is -1.51. The van der Waals surface area contributed by atoms with Gasteiger partial charge < -0.3 is 4.84 Å². The van der Waals surface area contributed by atoms with Crippen LogP contribution in [0, 0.1) is 11.3 Å². The van der Waals surface area contributed by atoms with Gasteiger partial charge in [0.2, 0.25) is 0 Å². The van der Waals surface area contributed by atoms with Gasteiger partial charge in [0, 0.05) is 0 Å². The van der Waals surface area contributed by atoms with Crippen LogP contribution in [0.2, 0.25) is 0 Å². The van der Waals surface area contributed by atoms with Crippen LogP contribution in [0.5, 0.6) is 0 Å². The molecule has 0 aromatic carbocycles. The van der Waals surface area contributed by atoms with Gasteiger partial charge in [-0.15, -0.1) is 5.10 Å². The molecule has 2 heterocycles. The third-order valence-electron chi connectivity index (χ3n) is 1.93. The van der Waals surface area contributed by atoms with E-state index in [0.29, 0.717) is 12.3 Å². The first-order valence-electron chi connectivity index (χ1n) is 4.00. The van der Waals surface area contributed by atoms with Gasteiger partial charge in [0.1, 0.15) is 6.07 Å². The second-order valence-electron chi connectivity index (χ2n) is 2.79. The molecule has 1 aromatic rings. The number of hydroxylamine groups is 1. The van der Waals surface area contributed by atoms with Crippen molar-refractivity contribution in [1.82, 2.24) is 15.7 Å². The minimum atomic E-state index is 0.141. The molecule has 1 atom stereocenters. The number of hydrogen-bond donors (Lipinski definition) is 1. The topological polar surface area (TPSA) is 70.8 Å². The highest BCUT2D eigenvalue weighted by atomic mass is 16.7. The molecule has 0 radical (unpaired) electrons. The third kappa shape index (κ3) is 1.64. The summed E-state index contributed by atoms with van der Waals surface area (Å²) in [6.45, 7) is 0.689. The summed E-state index contributed by atoms with van der Waals surface area (Å²) in [4.78, 5) is 5.00. The summed E-state index contributed by atoms with van der Waals surface area (Å²) < 4.78 is 0. The van der Waals surface area contributed by atoms with E-state index >= 15 is 0 Å². The van der Waals surface area contributed by atoms with Crippen LogP contribution < -0.4 is 5.48 Å². The van der Waals surface area contributed by atoms with E-state index in [-0.39, 0.29) is 6.04 Å². The van der Waals surface area contributed by atoms with Crippen molar-refractivity contribution >= 4 is 0 Å². The molecule has 66 valence electrons. The summed E-state index contributed by atoms with van der Waals surface area (Å²) in [6, 6.07) is 3.81. The number of nitrogens with one attached hydrogen (secondary N) is 1. The Kier molecular flexibility index (Phi) is 2.17. The second kappa shape index (κ2) is 3.47. The maximum absolute atomic E-state index is 8.60. The summed E-state index contributed by atoms with van der Waals surface area (Å²) in [6.07, 6.45) is 2.55. The number of nitriles is 1. The quantitative estimate of drug-likeness (QED) is 0.667. The molecule has 1 saturated heterocycles. The summed E-state index contributed by atoms with van der Waals surface area (Å²) >= 11 is 0. The normalized spacial score (nSPS) is 21.3. The van der Waals surface area contributed by atoms with E-state index in [9.17, 15) is 0 Å². The molecule has 0 saturated carbocycles. The molecule has 5 heteroatoms. The Balaban J connectivity index is 2.25. The molecular weight excluding hydrogens is 168 g/mol. The third-order valence-corrected chi connectivity index (χ3v) is 1.93. The summed E-state index contributed by atoms with van der Waals surface area (Å²) in [5.74, 6) is 0. The van der Waals surface area contributed by atoms with Crippen LogP contribution in [0.3, 0.4) is 0 Å². The number of hydrogen-bond acceptors (Lipinski definition) is 5. The second-order valence-corrected chi connectivity index (χ2v) is 2.79. The fourth-order valence-electron chi connectivity index (χ4n) is 1.26. The molecule has 1 fully saturated rings. The Morgan fingerprint density at radius 2 is 2.62 bits per heavy atom. The largest absolute Gasteiger partial charge is 0.301 e. The SMILES string of the molecule is N#Cc1cc(C2CCON2)cnn1. The molecule has 1 aliphatic rings. The highest BCUT2D eigenvalue weighted by Crippen LogP contribution is 2.19. The molecule has 5 nitrogen and oxygen atoms in total. The van der Waals surface area contributed by atoms with E-state index in [1.807, 2.05) is 6.07 Å². The van der Waals surface area contributed by atoms with Crippen molar-refractivity contribution in [2.75, 3.05) is 6.61 Å². The first-order chi connectivity index (χ1) is 6.40. The van der Waals surface area contributed by atoms with Gasteiger partial charge in [0.05, 0.1) is 18.8 Å². The van der Waals surface area contributed by atoms with Crippen molar-refractivity contribution in [3.63, 3.8) is 0 Å². The minimum absolute atomic E-state index is 0.141. The molecule has 0 amide bonds. The van der Waals surface area contributed by atoms with E-state index < -0.39 is 0 Å². The maximum atomic E-state index is 8.60. The standard InChI is InChI=1S/C8H8N4O/c9-4-7-3-6(5-10-11-7)8-1-2-13-12-8/h3,5,8,12H,1-2H2. The van der Waals surface area contributed by atoms with Crippen LogP contribution in [0.25, 0.3) is 0 Å². The van der Waals surface area contributed by atoms with Gasteiger partial charge in [0.15, 0.2) is 5.69 Å². The molecule has 1 N–H and O–H groups in total. The average molecular weight is 176 g/mol. The maximum Gasteiger partial charge on any atom is 0.163 e. The highest BCUT2D eigenvalue weighted by Gasteiger charge is 2.17. The molecule has 13 heavy (non-hydrogen) atoms. The average Bonchev–Trinajstić information content (AvgIpc) is 2.71. The predicted molar refractivity (Wildman–Crippen MR) is 43.2 cm³/mol. The number of nitrogens with zero attached hydrogens (tertiary/aromatic N) is 3. The zero-order valence-corrected chi connectivity index (χ0v) is 6.90. The molecule has 1 unspecified atom stereocenters. The fourth-order valence-corrected chi connectivity index (χ4v) is 1.26. The van der Waals surface area contributed by atoms with E-state index in [1.54, 1.807) is 12.3 Å². The van der Waals surface area contributed by atoms with Crippen molar-refractivity contribution in [3.8, 4) is 6.07 Å². The number of rotatable bonds is 1. The van der Waals surface area contributed by atoms with Crippen LogP contribution >= 0.6 is 0 Å².